The summed E-state index contributed by atoms with van der Waals surface area (Å²) >= 11 is 0. The van der Waals surface area contributed by atoms with E-state index in [0.29, 0.717) is 0 Å². The zero-order chi connectivity index (χ0) is 5.82. The lowest BCUT2D eigenvalue weighted by molar-refractivity contribution is 0.566. The molecule has 1 heterocycles. The van der Waals surface area contributed by atoms with Gasteiger partial charge >= 0.3 is 0 Å². The quantitative estimate of drug-likeness (QED) is 0.385. The van der Waals surface area contributed by atoms with Crippen molar-refractivity contribution in [1.29, 1.82) is 0 Å². The molecule has 0 aromatic carbocycles. The lowest BCUT2D eigenvalue weighted by atomic mass is 10.3. The molecular weight excluding hydrogens is 116 g/mol. The van der Waals surface area contributed by atoms with E-state index in [1.807, 2.05) is 0 Å². The summed E-state index contributed by atoms with van der Waals surface area (Å²) in [6, 6.07) is 2.49. The van der Waals surface area contributed by atoms with Crippen molar-refractivity contribution in [1.82, 2.24) is 0 Å². The Balaban J connectivity index is 2.22. The minimum absolute atomic E-state index is 0.468. The Kier molecular flexibility index (Phi) is 2.27. The van der Waals surface area contributed by atoms with Gasteiger partial charge in [-0.25, -0.2) is 0 Å². The minimum Gasteiger partial charge on any atom is -0.309 e. The maximum Gasteiger partial charge on any atom is 0.130 e. The standard InChI is InChI=1S/C6H11OSi/c7-6-8-4-2-1-3-5-8/h6H,1-5H2. The van der Waals surface area contributed by atoms with Gasteiger partial charge in [-0.1, -0.05) is 31.4 Å². The second-order valence-corrected chi connectivity index (χ2v) is 4.89. The third-order valence-electron chi connectivity index (χ3n) is 1.66. The molecule has 0 bridgehead atoms. The van der Waals surface area contributed by atoms with Crippen LogP contribution in [0.25, 0.3) is 0 Å². The van der Waals surface area contributed by atoms with Gasteiger partial charge < -0.3 is 4.79 Å². The second kappa shape index (κ2) is 3.02. The molecule has 0 atom stereocenters. The highest BCUT2D eigenvalue weighted by molar-refractivity contribution is 6.84. The highest BCUT2D eigenvalue weighted by Gasteiger charge is 2.13. The average molecular weight is 127 g/mol. The summed E-state index contributed by atoms with van der Waals surface area (Å²) in [6.45, 7) is 0. The summed E-state index contributed by atoms with van der Waals surface area (Å²) in [6.07, 6.45) is 3.99. The van der Waals surface area contributed by atoms with Gasteiger partial charge in [-0.2, -0.15) is 0 Å². The maximum absolute atomic E-state index is 10.2. The third kappa shape index (κ3) is 1.44. The smallest absolute Gasteiger partial charge is 0.130 e. The van der Waals surface area contributed by atoms with Crippen LogP contribution in [-0.2, 0) is 4.79 Å². The second-order valence-electron chi connectivity index (χ2n) is 2.34. The van der Waals surface area contributed by atoms with E-state index in [2.05, 4.69) is 0 Å². The van der Waals surface area contributed by atoms with Crippen molar-refractivity contribution < 1.29 is 4.79 Å². The van der Waals surface area contributed by atoms with Crippen LogP contribution in [0.5, 0.6) is 0 Å². The van der Waals surface area contributed by atoms with Gasteiger partial charge in [-0.05, 0) is 0 Å². The Morgan fingerprint density at radius 1 is 1.12 bits per heavy atom. The Morgan fingerprint density at radius 2 is 1.75 bits per heavy atom. The Labute approximate surface area is 51.7 Å². The van der Waals surface area contributed by atoms with Crippen LogP contribution >= 0.6 is 0 Å². The first kappa shape index (κ1) is 6.01. The molecule has 0 unspecified atom stereocenters. The molecule has 45 valence electrons. The van der Waals surface area contributed by atoms with E-state index >= 15 is 0 Å². The van der Waals surface area contributed by atoms with Crippen LogP contribution in [0.2, 0.25) is 12.1 Å². The van der Waals surface area contributed by atoms with E-state index in [4.69, 9.17) is 0 Å². The van der Waals surface area contributed by atoms with Gasteiger partial charge in [0.2, 0.25) is 0 Å². The molecule has 0 aromatic rings. The van der Waals surface area contributed by atoms with Crippen LogP contribution in [0.15, 0.2) is 0 Å². The average Bonchev–Trinajstić information content (AvgIpc) is 1.90. The first-order valence-corrected chi connectivity index (χ1v) is 5.22. The summed E-state index contributed by atoms with van der Waals surface area (Å²) < 4.78 is 0. The highest BCUT2D eigenvalue weighted by atomic mass is 28.3. The number of hydrogen-bond acceptors (Lipinski definition) is 1. The van der Waals surface area contributed by atoms with Crippen molar-refractivity contribution in [3.63, 3.8) is 0 Å². The fraction of sp³-hybridized carbons (Fsp3) is 0.833. The van der Waals surface area contributed by atoms with E-state index in [1.165, 1.54) is 37.3 Å². The molecule has 0 aromatic heterocycles. The van der Waals surface area contributed by atoms with Crippen molar-refractivity contribution in [3.05, 3.63) is 0 Å². The normalized spacial score (nSPS) is 23.0. The topological polar surface area (TPSA) is 17.1 Å². The fourth-order valence-electron chi connectivity index (χ4n) is 1.12. The van der Waals surface area contributed by atoms with Gasteiger partial charge in [0.1, 0.15) is 8.80 Å². The molecule has 1 rings (SSSR count). The van der Waals surface area contributed by atoms with Crippen molar-refractivity contribution in [3.8, 4) is 0 Å². The molecule has 0 spiro atoms. The number of rotatable bonds is 1. The Hall–Kier alpha value is -0.113. The molecule has 1 radical (unpaired) electrons. The van der Waals surface area contributed by atoms with Gasteiger partial charge in [-0.3, -0.25) is 0 Å². The molecule has 1 aliphatic rings. The Bertz CT molecular complexity index is 76.6. The predicted molar refractivity (Wildman–Crippen MR) is 36.0 cm³/mol. The largest absolute Gasteiger partial charge is 0.309 e. The van der Waals surface area contributed by atoms with Gasteiger partial charge in [-0.15, -0.1) is 0 Å². The summed E-state index contributed by atoms with van der Waals surface area (Å²) in [5.74, 6) is 1.21. The first-order chi connectivity index (χ1) is 3.93. The van der Waals surface area contributed by atoms with Crippen LogP contribution in [0.4, 0.5) is 0 Å². The van der Waals surface area contributed by atoms with Crippen LogP contribution in [0.3, 0.4) is 0 Å². The number of carbonyl (C=O) groups is 1. The van der Waals surface area contributed by atoms with Crippen molar-refractivity contribution in [2.45, 2.75) is 31.4 Å². The zero-order valence-electron chi connectivity index (χ0n) is 5.02. The van der Waals surface area contributed by atoms with Gasteiger partial charge in [0.15, 0.2) is 0 Å². The molecule has 1 saturated heterocycles. The van der Waals surface area contributed by atoms with Crippen molar-refractivity contribution in [2.75, 3.05) is 0 Å². The van der Waals surface area contributed by atoms with Gasteiger partial charge in [0, 0.05) is 0 Å². The predicted octanol–water partition coefficient (Wildman–Crippen LogP) is 1.44. The monoisotopic (exact) mass is 127 g/mol. The number of carbonyl (C=O) groups excluding carboxylic acids is 1. The molecule has 2 heteroatoms. The fourth-order valence-corrected chi connectivity index (χ4v) is 3.02. The molecule has 1 fully saturated rings. The van der Waals surface area contributed by atoms with Crippen molar-refractivity contribution >= 4 is 14.7 Å². The van der Waals surface area contributed by atoms with E-state index < -0.39 is 8.80 Å². The van der Waals surface area contributed by atoms with Crippen LogP contribution in [0, 0.1) is 0 Å². The summed E-state index contributed by atoms with van der Waals surface area (Å²) in [5, 5.41) is 0. The molecule has 0 amide bonds. The molecule has 0 aliphatic carbocycles. The lowest BCUT2D eigenvalue weighted by Gasteiger charge is -2.12. The third-order valence-corrected chi connectivity index (χ3v) is 3.99. The highest BCUT2D eigenvalue weighted by Crippen LogP contribution is 2.16. The SMILES string of the molecule is O=C[Si]1CCCCC1. The van der Waals surface area contributed by atoms with Gasteiger partial charge in [0.05, 0.1) is 5.91 Å². The zero-order valence-corrected chi connectivity index (χ0v) is 6.02. The summed E-state index contributed by atoms with van der Waals surface area (Å²) in [4.78, 5) is 10.2. The van der Waals surface area contributed by atoms with E-state index in [0.717, 1.165) is 0 Å². The Morgan fingerprint density at radius 3 is 2.12 bits per heavy atom. The van der Waals surface area contributed by atoms with Crippen molar-refractivity contribution in [2.24, 2.45) is 0 Å². The first-order valence-electron chi connectivity index (χ1n) is 3.23. The minimum atomic E-state index is -0.468. The summed E-state index contributed by atoms with van der Waals surface area (Å²) in [5.41, 5.74) is 0. The van der Waals surface area contributed by atoms with E-state index in [-0.39, 0.29) is 0 Å². The molecule has 8 heavy (non-hydrogen) atoms. The molecular formula is C6H11OSi. The molecule has 0 N–H and O–H groups in total. The molecule has 1 nitrogen and oxygen atoms in total. The maximum atomic E-state index is 10.2. The molecule has 0 saturated carbocycles. The van der Waals surface area contributed by atoms with Crippen LogP contribution in [0.1, 0.15) is 19.3 Å². The van der Waals surface area contributed by atoms with Gasteiger partial charge in [0.25, 0.3) is 0 Å². The van der Waals surface area contributed by atoms with E-state index in [1.54, 1.807) is 0 Å². The molecule has 1 aliphatic heterocycles. The van der Waals surface area contributed by atoms with Crippen LogP contribution in [-0.4, -0.2) is 14.7 Å². The summed E-state index contributed by atoms with van der Waals surface area (Å²) in [7, 11) is -0.468. The van der Waals surface area contributed by atoms with Crippen LogP contribution < -0.4 is 0 Å². The number of hydrogen-bond donors (Lipinski definition) is 0. The lowest BCUT2D eigenvalue weighted by Crippen LogP contribution is -2.17. The van der Waals surface area contributed by atoms with E-state index in [9.17, 15) is 4.79 Å².